The highest BCUT2D eigenvalue weighted by Gasteiger charge is 2.18. The molecule has 0 spiro atoms. The monoisotopic (exact) mass is 387 g/mol. The summed E-state index contributed by atoms with van der Waals surface area (Å²) in [5.41, 5.74) is 4.97. The van der Waals surface area contributed by atoms with Crippen molar-refractivity contribution in [2.24, 2.45) is 0 Å². The van der Waals surface area contributed by atoms with Crippen molar-refractivity contribution in [1.82, 2.24) is 0 Å². The van der Waals surface area contributed by atoms with E-state index < -0.39 is 0 Å². The van der Waals surface area contributed by atoms with Gasteiger partial charge in [-0.3, -0.25) is 0 Å². The fourth-order valence-electron chi connectivity index (χ4n) is 4.32. The van der Waals surface area contributed by atoms with Crippen LogP contribution < -0.4 is 4.90 Å². The van der Waals surface area contributed by atoms with E-state index in [1.54, 1.807) is 0 Å². The smallest absolute Gasteiger partial charge is 0.0618 e. The van der Waals surface area contributed by atoms with Crippen LogP contribution in [0, 0.1) is 0 Å². The quantitative estimate of drug-likeness (QED) is 0.274. The number of nitrogens with zero attached hydrogens (tertiary/aromatic N) is 1. The lowest BCUT2D eigenvalue weighted by Crippen LogP contribution is -2.11. The molecule has 1 nitrogen and oxygen atoms in total. The number of aryl methyl sites for hydroxylation is 1. The van der Waals surface area contributed by atoms with Crippen molar-refractivity contribution in [3.63, 3.8) is 0 Å². The second-order valence-corrected chi connectivity index (χ2v) is 7.75. The molecular formula is C29H25N. The maximum Gasteiger partial charge on any atom is 0.0618 e. The molecule has 0 aliphatic rings. The van der Waals surface area contributed by atoms with Gasteiger partial charge in [0.2, 0.25) is 0 Å². The van der Waals surface area contributed by atoms with Gasteiger partial charge in [-0.25, -0.2) is 0 Å². The molecule has 0 aliphatic carbocycles. The Kier molecular flexibility index (Phi) is 4.94. The zero-order valence-corrected chi connectivity index (χ0v) is 17.3. The van der Waals surface area contributed by atoms with Gasteiger partial charge in [0.15, 0.2) is 0 Å². The van der Waals surface area contributed by atoms with Gasteiger partial charge in [0, 0.05) is 22.1 Å². The van der Waals surface area contributed by atoms with Gasteiger partial charge in [0.05, 0.1) is 5.69 Å². The van der Waals surface area contributed by atoms with Gasteiger partial charge in [-0.15, -0.1) is 0 Å². The summed E-state index contributed by atoms with van der Waals surface area (Å²) in [6.45, 7) is 2.23. The van der Waals surface area contributed by atoms with Gasteiger partial charge >= 0.3 is 0 Å². The summed E-state index contributed by atoms with van der Waals surface area (Å²) >= 11 is 0. The summed E-state index contributed by atoms with van der Waals surface area (Å²) in [5, 5.41) is 5.04. The number of para-hydroxylation sites is 1. The van der Waals surface area contributed by atoms with Gasteiger partial charge in [0.1, 0.15) is 0 Å². The Labute approximate surface area is 178 Å². The normalized spacial score (nSPS) is 11.1. The van der Waals surface area contributed by atoms with Crippen LogP contribution in [0.25, 0.3) is 21.5 Å². The predicted octanol–water partition coefficient (Wildman–Crippen LogP) is 8.42. The minimum atomic E-state index is 1.11. The Morgan fingerprint density at radius 2 is 1.10 bits per heavy atom. The molecule has 0 amide bonds. The molecule has 1 heteroatoms. The van der Waals surface area contributed by atoms with E-state index in [0.29, 0.717) is 0 Å². The third kappa shape index (κ3) is 3.33. The number of fused-ring (bicyclic) bond motifs is 2. The van der Waals surface area contributed by atoms with E-state index in [1.165, 1.54) is 44.2 Å². The zero-order chi connectivity index (χ0) is 20.3. The molecule has 0 aliphatic heterocycles. The number of benzene rings is 5. The number of anilines is 3. The molecule has 5 aromatic carbocycles. The molecule has 30 heavy (non-hydrogen) atoms. The fourth-order valence-corrected chi connectivity index (χ4v) is 4.32. The first-order valence-electron chi connectivity index (χ1n) is 10.7. The topological polar surface area (TPSA) is 3.24 Å². The fraction of sp³-hybridized carbons (Fsp3) is 0.103. The molecule has 0 radical (unpaired) electrons. The maximum absolute atomic E-state index is 2.40. The van der Waals surface area contributed by atoms with Gasteiger partial charge in [-0.2, -0.15) is 0 Å². The first-order chi connectivity index (χ1) is 14.8. The van der Waals surface area contributed by atoms with Gasteiger partial charge in [-0.1, -0.05) is 92.2 Å². The zero-order valence-electron chi connectivity index (χ0n) is 17.3. The summed E-state index contributed by atoms with van der Waals surface area (Å²) < 4.78 is 0. The third-order valence-electron chi connectivity index (χ3n) is 5.71. The highest BCUT2D eigenvalue weighted by Crippen LogP contribution is 2.43. The molecule has 5 rings (SSSR count). The van der Waals surface area contributed by atoms with E-state index in [2.05, 4.69) is 121 Å². The van der Waals surface area contributed by atoms with Gasteiger partial charge in [-0.05, 0) is 53.1 Å². The lowest BCUT2D eigenvalue weighted by atomic mass is 9.99. The maximum atomic E-state index is 2.40. The Morgan fingerprint density at radius 3 is 1.70 bits per heavy atom. The molecular weight excluding hydrogens is 362 g/mol. The molecule has 0 bridgehead atoms. The van der Waals surface area contributed by atoms with Crippen molar-refractivity contribution in [1.29, 1.82) is 0 Å². The summed E-state index contributed by atoms with van der Waals surface area (Å²) in [7, 11) is 0. The number of hydrogen-bond donors (Lipinski definition) is 0. The predicted molar refractivity (Wildman–Crippen MR) is 130 cm³/mol. The van der Waals surface area contributed by atoms with Crippen LogP contribution in [0.1, 0.15) is 18.9 Å². The Hall–Kier alpha value is -3.58. The van der Waals surface area contributed by atoms with Crippen LogP contribution >= 0.6 is 0 Å². The minimum Gasteiger partial charge on any atom is -0.309 e. The van der Waals surface area contributed by atoms with E-state index in [9.17, 15) is 0 Å². The first kappa shape index (κ1) is 18.4. The van der Waals surface area contributed by atoms with Crippen LogP contribution in [-0.4, -0.2) is 0 Å². The molecule has 5 aromatic rings. The molecule has 0 unspecified atom stereocenters. The van der Waals surface area contributed by atoms with Crippen LogP contribution in [0.3, 0.4) is 0 Å². The average Bonchev–Trinajstić information content (AvgIpc) is 2.81. The van der Waals surface area contributed by atoms with Crippen molar-refractivity contribution in [2.75, 3.05) is 4.90 Å². The molecule has 0 saturated carbocycles. The summed E-state index contributed by atoms with van der Waals surface area (Å²) in [6, 6.07) is 39.4. The van der Waals surface area contributed by atoms with Crippen LogP contribution in [0.4, 0.5) is 17.1 Å². The van der Waals surface area contributed by atoms with E-state index >= 15 is 0 Å². The van der Waals surface area contributed by atoms with Crippen LogP contribution in [0.5, 0.6) is 0 Å². The molecule has 0 fully saturated rings. The van der Waals surface area contributed by atoms with Crippen molar-refractivity contribution in [3.05, 3.63) is 115 Å². The molecule has 0 saturated heterocycles. The van der Waals surface area contributed by atoms with E-state index in [-0.39, 0.29) is 0 Å². The van der Waals surface area contributed by atoms with Gasteiger partial charge in [0.25, 0.3) is 0 Å². The number of rotatable bonds is 5. The van der Waals surface area contributed by atoms with Crippen molar-refractivity contribution >= 4 is 38.6 Å². The second-order valence-electron chi connectivity index (χ2n) is 7.75. The summed E-state index contributed by atoms with van der Waals surface area (Å²) in [5.74, 6) is 0. The summed E-state index contributed by atoms with van der Waals surface area (Å²) in [4.78, 5) is 2.40. The SMILES string of the molecule is CCCc1ccc(N(c2ccccc2)c2c3ccccc3cc3ccccc23)cc1. The molecule has 146 valence electrons. The highest BCUT2D eigenvalue weighted by molar-refractivity contribution is 6.14. The largest absolute Gasteiger partial charge is 0.309 e. The highest BCUT2D eigenvalue weighted by atomic mass is 15.1. The molecule has 0 N–H and O–H groups in total. The third-order valence-corrected chi connectivity index (χ3v) is 5.71. The van der Waals surface area contributed by atoms with E-state index in [0.717, 1.165) is 12.8 Å². The lowest BCUT2D eigenvalue weighted by Gasteiger charge is -2.28. The van der Waals surface area contributed by atoms with Crippen molar-refractivity contribution < 1.29 is 0 Å². The van der Waals surface area contributed by atoms with Crippen LogP contribution in [-0.2, 0) is 6.42 Å². The molecule has 0 aromatic heterocycles. The second kappa shape index (κ2) is 8.04. The van der Waals surface area contributed by atoms with Gasteiger partial charge < -0.3 is 4.90 Å². The first-order valence-corrected chi connectivity index (χ1v) is 10.7. The lowest BCUT2D eigenvalue weighted by molar-refractivity contribution is 0.922. The standard InChI is InChI=1S/C29H25N/c1-2-10-22-17-19-26(20-18-22)30(25-13-4-3-5-14-25)29-27-15-8-6-11-23(27)21-24-12-7-9-16-28(24)29/h3-9,11-21H,2,10H2,1H3. The molecule has 0 atom stereocenters. The van der Waals surface area contributed by atoms with Crippen LogP contribution in [0.15, 0.2) is 109 Å². The van der Waals surface area contributed by atoms with Crippen molar-refractivity contribution in [3.8, 4) is 0 Å². The van der Waals surface area contributed by atoms with E-state index in [1.807, 2.05) is 0 Å². The Morgan fingerprint density at radius 1 is 0.567 bits per heavy atom. The van der Waals surface area contributed by atoms with Crippen molar-refractivity contribution in [2.45, 2.75) is 19.8 Å². The molecule has 0 heterocycles. The average molecular weight is 388 g/mol. The Balaban J connectivity index is 1.82. The summed E-state index contributed by atoms with van der Waals surface area (Å²) in [6.07, 6.45) is 2.28. The Bertz CT molecular complexity index is 1230. The minimum absolute atomic E-state index is 1.11. The van der Waals surface area contributed by atoms with E-state index in [4.69, 9.17) is 0 Å². The van der Waals surface area contributed by atoms with Crippen LogP contribution in [0.2, 0.25) is 0 Å². The number of hydrogen-bond acceptors (Lipinski definition) is 1.